The van der Waals surface area contributed by atoms with Crippen LogP contribution in [0.5, 0.6) is 0 Å². The summed E-state index contributed by atoms with van der Waals surface area (Å²) < 4.78 is 32.0. The van der Waals surface area contributed by atoms with Crippen molar-refractivity contribution >= 4 is 15.9 Å². The van der Waals surface area contributed by atoms with Gasteiger partial charge in [-0.05, 0) is 30.5 Å². The molecule has 0 radical (unpaired) electrons. The molecule has 1 saturated heterocycles. The van der Waals surface area contributed by atoms with Crippen molar-refractivity contribution in [1.82, 2.24) is 9.62 Å². The van der Waals surface area contributed by atoms with Crippen molar-refractivity contribution in [3.63, 3.8) is 0 Å². The van der Waals surface area contributed by atoms with Crippen LogP contribution in [-0.4, -0.2) is 56.6 Å². The fourth-order valence-corrected chi connectivity index (χ4v) is 4.55. The van der Waals surface area contributed by atoms with Gasteiger partial charge in [0.2, 0.25) is 15.9 Å². The fraction of sp³-hybridized carbons (Fsp3) is 0.562. The summed E-state index contributed by atoms with van der Waals surface area (Å²) in [6.07, 6.45) is 0.792. The Morgan fingerprint density at radius 1 is 1.46 bits per heavy atom. The first-order chi connectivity index (χ1) is 11.3. The summed E-state index contributed by atoms with van der Waals surface area (Å²) in [6, 6.07) is 6.56. The van der Waals surface area contributed by atoms with Crippen molar-refractivity contribution in [2.75, 3.05) is 27.2 Å². The third-order valence-corrected chi connectivity index (χ3v) is 5.98. The number of ether oxygens (including phenoxy) is 1. The lowest BCUT2D eigenvalue weighted by Crippen LogP contribution is -2.52. The van der Waals surface area contributed by atoms with E-state index in [0.29, 0.717) is 26.0 Å². The molecule has 1 unspecified atom stereocenters. The first kappa shape index (κ1) is 18.9. The molecule has 2 N–H and O–H groups in total. The van der Waals surface area contributed by atoms with E-state index in [2.05, 4.69) is 5.32 Å². The number of hydrogen-bond donors (Lipinski definition) is 2. The molecule has 2 rings (SSSR count). The minimum Gasteiger partial charge on any atom is -0.388 e. The molecular weight excluding hydrogens is 332 g/mol. The highest BCUT2D eigenvalue weighted by atomic mass is 32.2. The SMILES string of the molecule is CNC(=O)CC1(O)CCCN(S(=O)(=O)c2cccc(COC)c2)C1. The first-order valence-corrected chi connectivity index (χ1v) is 9.26. The van der Waals surface area contributed by atoms with Crippen LogP contribution in [0.4, 0.5) is 0 Å². The Hall–Kier alpha value is -1.48. The number of hydrogen-bond acceptors (Lipinski definition) is 5. The Labute approximate surface area is 142 Å². The lowest BCUT2D eigenvalue weighted by Gasteiger charge is -2.38. The highest BCUT2D eigenvalue weighted by Gasteiger charge is 2.40. The van der Waals surface area contributed by atoms with Crippen LogP contribution < -0.4 is 5.32 Å². The van der Waals surface area contributed by atoms with E-state index in [-0.39, 0.29) is 23.8 Å². The van der Waals surface area contributed by atoms with E-state index in [1.807, 2.05) is 0 Å². The van der Waals surface area contributed by atoms with E-state index in [1.54, 1.807) is 25.3 Å². The van der Waals surface area contributed by atoms with E-state index in [9.17, 15) is 18.3 Å². The van der Waals surface area contributed by atoms with Crippen LogP contribution >= 0.6 is 0 Å². The third kappa shape index (κ3) is 4.32. The second kappa shape index (κ2) is 7.60. The predicted molar refractivity (Wildman–Crippen MR) is 88.8 cm³/mol. The first-order valence-electron chi connectivity index (χ1n) is 7.82. The molecule has 1 aromatic carbocycles. The van der Waals surface area contributed by atoms with Gasteiger partial charge in [0.05, 0.1) is 23.5 Å². The van der Waals surface area contributed by atoms with Gasteiger partial charge in [-0.3, -0.25) is 4.79 Å². The molecule has 0 bridgehead atoms. The standard InChI is InChI=1S/C16H24N2O5S/c1-17-15(19)10-16(20)7-4-8-18(12-16)24(21,22)14-6-3-5-13(9-14)11-23-2/h3,5-6,9,20H,4,7-8,10-12H2,1-2H3,(H,17,19). The Morgan fingerprint density at radius 3 is 2.88 bits per heavy atom. The molecule has 1 aliphatic rings. The summed E-state index contributed by atoms with van der Waals surface area (Å²) in [4.78, 5) is 11.7. The normalized spacial score (nSPS) is 22.3. The average Bonchev–Trinajstić information content (AvgIpc) is 2.55. The van der Waals surface area contributed by atoms with Crippen molar-refractivity contribution in [2.24, 2.45) is 0 Å². The van der Waals surface area contributed by atoms with Gasteiger partial charge < -0.3 is 15.2 Å². The maximum absolute atomic E-state index is 12.9. The molecule has 0 aromatic heterocycles. The summed E-state index contributed by atoms with van der Waals surface area (Å²) in [6.45, 7) is 0.564. The highest BCUT2D eigenvalue weighted by Crippen LogP contribution is 2.29. The average molecular weight is 356 g/mol. The molecule has 1 atom stereocenters. The topological polar surface area (TPSA) is 95.9 Å². The highest BCUT2D eigenvalue weighted by molar-refractivity contribution is 7.89. The van der Waals surface area contributed by atoms with Gasteiger partial charge in [-0.1, -0.05) is 12.1 Å². The van der Waals surface area contributed by atoms with Gasteiger partial charge in [-0.2, -0.15) is 4.31 Å². The number of rotatable bonds is 6. The van der Waals surface area contributed by atoms with Gasteiger partial charge in [-0.15, -0.1) is 0 Å². The summed E-state index contributed by atoms with van der Waals surface area (Å²) in [5, 5.41) is 13.1. The number of β-amino-alcohol motifs (C(OH)–C–C–N with tert-alkyl or cyclic N) is 1. The van der Waals surface area contributed by atoms with Crippen LogP contribution in [0.15, 0.2) is 29.2 Å². The quantitative estimate of drug-likeness (QED) is 0.773. The van der Waals surface area contributed by atoms with Gasteiger partial charge in [0, 0.05) is 27.2 Å². The molecule has 24 heavy (non-hydrogen) atoms. The zero-order chi connectivity index (χ0) is 17.8. The predicted octanol–water partition coefficient (Wildman–Crippen LogP) is 0.485. The maximum atomic E-state index is 12.9. The molecule has 1 heterocycles. The summed E-state index contributed by atoms with van der Waals surface area (Å²) in [5.74, 6) is -0.307. The second-order valence-electron chi connectivity index (χ2n) is 6.10. The number of methoxy groups -OCH3 is 1. The van der Waals surface area contributed by atoms with E-state index < -0.39 is 15.6 Å². The number of carbonyl (C=O) groups excluding carboxylic acids is 1. The lowest BCUT2D eigenvalue weighted by molar-refractivity contribution is -0.127. The molecule has 134 valence electrons. The van der Waals surface area contributed by atoms with Crippen LogP contribution in [-0.2, 0) is 26.2 Å². The van der Waals surface area contributed by atoms with Crippen LogP contribution in [0.2, 0.25) is 0 Å². The minimum atomic E-state index is -3.73. The van der Waals surface area contributed by atoms with Gasteiger partial charge in [0.15, 0.2) is 0 Å². The largest absolute Gasteiger partial charge is 0.388 e. The van der Waals surface area contributed by atoms with Crippen LogP contribution in [0, 0.1) is 0 Å². The molecule has 1 amide bonds. The third-order valence-electron chi connectivity index (χ3n) is 4.14. The molecule has 1 fully saturated rings. The molecule has 8 heteroatoms. The Kier molecular flexibility index (Phi) is 5.97. The van der Waals surface area contributed by atoms with Crippen molar-refractivity contribution < 1.29 is 23.1 Å². The Bertz CT molecular complexity index is 691. The van der Waals surface area contributed by atoms with E-state index in [0.717, 1.165) is 5.56 Å². The van der Waals surface area contributed by atoms with Crippen molar-refractivity contribution in [3.05, 3.63) is 29.8 Å². The Morgan fingerprint density at radius 2 is 2.21 bits per heavy atom. The number of aliphatic hydroxyl groups is 1. The summed E-state index contributed by atoms with van der Waals surface area (Å²) in [7, 11) is -0.694. The van der Waals surface area contributed by atoms with Gasteiger partial charge in [0.1, 0.15) is 0 Å². The molecule has 1 aliphatic heterocycles. The van der Waals surface area contributed by atoms with Gasteiger partial charge in [-0.25, -0.2) is 8.42 Å². The molecule has 0 spiro atoms. The number of piperidine rings is 1. The maximum Gasteiger partial charge on any atom is 0.243 e. The van der Waals surface area contributed by atoms with E-state index >= 15 is 0 Å². The fourth-order valence-electron chi connectivity index (χ4n) is 2.92. The lowest BCUT2D eigenvalue weighted by atomic mass is 9.90. The van der Waals surface area contributed by atoms with Crippen molar-refractivity contribution in [3.8, 4) is 0 Å². The number of benzene rings is 1. The minimum absolute atomic E-state index is 0.0861. The number of sulfonamides is 1. The molecular formula is C16H24N2O5S. The zero-order valence-corrected chi connectivity index (χ0v) is 14.8. The number of carbonyl (C=O) groups is 1. The van der Waals surface area contributed by atoms with Gasteiger partial charge in [0.25, 0.3) is 0 Å². The molecule has 7 nitrogen and oxygen atoms in total. The Balaban J connectivity index is 2.22. The molecule has 0 saturated carbocycles. The second-order valence-corrected chi connectivity index (χ2v) is 8.03. The monoisotopic (exact) mass is 356 g/mol. The molecule has 0 aliphatic carbocycles. The number of nitrogens with one attached hydrogen (secondary N) is 1. The van der Waals surface area contributed by atoms with E-state index in [4.69, 9.17) is 4.74 Å². The summed E-state index contributed by atoms with van der Waals surface area (Å²) in [5.41, 5.74) is -0.577. The number of nitrogens with zero attached hydrogens (tertiary/aromatic N) is 1. The number of amides is 1. The van der Waals surface area contributed by atoms with Gasteiger partial charge >= 0.3 is 0 Å². The molecule has 1 aromatic rings. The van der Waals surface area contributed by atoms with Crippen LogP contribution in [0.3, 0.4) is 0 Å². The zero-order valence-electron chi connectivity index (χ0n) is 14.0. The van der Waals surface area contributed by atoms with Crippen LogP contribution in [0.1, 0.15) is 24.8 Å². The summed E-state index contributed by atoms with van der Waals surface area (Å²) >= 11 is 0. The van der Waals surface area contributed by atoms with Crippen molar-refractivity contribution in [2.45, 2.75) is 36.4 Å². The smallest absolute Gasteiger partial charge is 0.243 e. The van der Waals surface area contributed by atoms with E-state index in [1.165, 1.54) is 17.4 Å². The van der Waals surface area contributed by atoms with Crippen molar-refractivity contribution in [1.29, 1.82) is 0 Å². The van der Waals surface area contributed by atoms with Crippen LogP contribution in [0.25, 0.3) is 0 Å².